The number of furan rings is 1. The maximum atomic E-state index is 12.2. The molecule has 0 atom stereocenters. The van der Waals surface area contributed by atoms with Crippen LogP contribution in [0.3, 0.4) is 0 Å². The summed E-state index contributed by atoms with van der Waals surface area (Å²) < 4.78 is 11.0. The molecule has 0 aliphatic carbocycles. The largest absolute Gasteiger partial charge is 0.459 e. The quantitative estimate of drug-likeness (QED) is 0.450. The van der Waals surface area contributed by atoms with Gasteiger partial charge in [0.05, 0.1) is 16.7 Å². The minimum Gasteiger partial charge on any atom is -0.459 e. The van der Waals surface area contributed by atoms with Crippen LogP contribution in [-0.4, -0.2) is 23.9 Å². The maximum Gasteiger partial charge on any atom is 0.339 e. The van der Waals surface area contributed by atoms with Crippen molar-refractivity contribution in [3.63, 3.8) is 0 Å². The minimum atomic E-state index is -0.723. The van der Waals surface area contributed by atoms with Crippen LogP contribution in [0.25, 0.3) is 17.4 Å². The predicted octanol–water partition coefficient (Wildman–Crippen LogP) is 4.05. The van der Waals surface area contributed by atoms with Crippen LogP contribution in [0.1, 0.15) is 36.9 Å². The Kier molecular flexibility index (Phi) is 5.90. The second-order valence-electron chi connectivity index (χ2n) is 6.80. The van der Waals surface area contributed by atoms with Crippen LogP contribution >= 0.6 is 11.6 Å². The van der Waals surface area contributed by atoms with E-state index in [-0.39, 0.29) is 33.4 Å². The molecule has 152 valence electrons. The van der Waals surface area contributed by atoms with Crippen molar-refractivity contribution >= 4 is 35.5 Å². The van der Waals surface area contributed by atoms with Crippen molar-refractivity contribution in [1.29, 1.82) is 5.26 Å². The highest BCUT2D eigenvalue weighted by Gasteiger charge is 2.27. The van der Waals surface area contributed by atoms with Gasteiger partial charge in [-0.1, -0.05) is 11.6 Å². The lowest BCUT2D eigenvalue weighted by Crippen LogP contribution is -2.37. The molecule has 2 aromatic rings. The van der Waals surface area contributed by atoms with Gasteiger partial charge in [-0.2, -0.15) is 5.26 Å². The van der Waals surface area contributed by atoms with Gasteiger partial charge in [-0.05, 0) is 62.8 Å². The number of hydrogen-bond donors (Lipinski definition) is 1. The number of carbonyl (C=O) groups excluding carboxylic acids is 3. The van der Waals surface area contributed by atoms with Crippen LogP contribution in [-0.2, 0) is 14.3 Å². The Hall–Kier alpha value is -3.63. The van der Waals surface area contributed by atoms with Crippen molar-refractivity contribution in [2.45, 2.75) is 26.9 Å². The van der Waals surface area contributed by atoms with E-state index < -0.39 is 17.8 Å². The van der Waals surface area contributed by atoms with E-state index in [2.05, 4.69) is 5.32 Å². The van der Waals surface area contributed by atoms with Crippen molar-refractivity contribution in [3.05, 3.63) is 63.4 Å². The Balaban J connectivity index is 1.96. The molecule has 0 unspecified atom stereocenters. The molecule has 2 amide bonds. The molecule has 0 spiro atoms. The molecule has 0 radical (unpaired) electrons. The molecule has 3 rings (SSSR count). The van der Waals surface area contributed by atoms with Gasteiger partial charge in [0.15, 0.2) is 0 Å². The number of nitrogens with zero attached hydrogens (tertiary/aromatic N) is 1. The zero-order valence-electron chi connectivity index (χ0n) is 16.4. The molecule has 0 saturated heterocycles. The summed E-state index contributed by atoms with van der Waals surface area (Å²) >= 11 is 6.12. The van der Waals surface area contributed by atoms with Crippen molar-refractivity contribution in [3.8, 4) is 17.4 Å². The van der Waals surface area contributed by atoms with E-state index in [1.165, 1.54) is 13.0 Å². The van der Waals surface area contributed by atoms with Gasteiger partial charge in [0, 0.05) is 11.1 Å². The topological polar surface area (TPSA) is 109 Å². The average Bonchev–Trinajstić information content (AvgIpc) is 3.14. The Morgan fingerprint density at radius 3 is 2.63 bits per heavy atom. The molecule has 1 aliphatic rings. The summed E-state index contributed by atoms with van der Waals surface area (Å²) in [6.45, 7) is 5.01. The van der Waals surface area contributed by atoms with Gasteiger partial charge < -0.3 is 9.15 Å². The summed E-state index contributed by atoms with van der Waals surface area (Å²) in [5, 5.41) is 11.5. The number of hydrogen-bond acceptors (Lipinski definition) is 6. The number of esters is 1. The summed E-state index contributed by atoms with van der Waals surface area (Å²) in [7, 11) is 0. The van der Waals surface area contributed by atoms with Gasteiger partial charge in [-0.25, -0.2) is 4.79 Å². The number of amides is 2. The molecule has 1 aromatic heterocycles. The Morgan fingerprint density at radius 2 is 1.97 bits per heavy atom. The van der Waals surface area contributed by atoms with Crippen molar-refractivity contribution < 1.29 is 23.5 Å². The first-order valence-electron chi connectivity index (χ1n) is 9.00. The number of rotatable bonds is 4. The molecule has 30 heavy (non-hydrogen) atoms. The molecular formula is C22H17ClN2O5. The van der Waals surface area contributed by atoms with Crippen molar-refractivity contribution in [1.82, 2.24) is 5.32 Å². The fourth-order valence-corrected chi connectivity index (χ4v) is 3.05. The number of nitrogens with one attached hydrogen (secondary N) is 1. The molecule has 1 aliphatic heterocycles. The van der Waals surface area contributed by atoms with Gasteiger partial charge in [0.2, 0.25) is 0 Å². The Labute approximate surface area is 177 Å². The van der Waals surface area contributed by atoms with Crippen LogP contribution < -0.4 is 5.32 Å². The lowest BCUT2D eigenvalue weighted by Gasteiger charge is -2.15. The van der Waals surface area contributed by atoms with Crippen LogP contribution in [0.4, 0.5) is 0 Å². The fraction of sp³-hybridized carbons (Fsp3) is 0.182. The van der Waals surface area contributed by atoms with E-state index >= 15 is 0 Å². The Morgan fingerprint density at radius 1 is 1.23 bits per heavy atom. The summed E-state index contributed by atoms with van der Waals surface area (Å²) in [5.74, 6) is -1.10. The number of nitriles is 1. The molecule has 0 saturated carbocycles. The van der Waals surface area contributed by atoms with E-state index in [0.29, 0.717) is 17.1 Å². The zero-order valence-corrected chi connectivity index (χ0v) is 17.2. The first-order valence-corrected chi connectivity index (χ1v) is 9.38. The van der Waals surface area contributed by atoms with Gasteiger partial charge >= 0.3 is 5.97 Å². The maximum absolute atomic E-state index is 12.2. The summed E-state index contributed by atoms with van der Waals surface area (Å²) in [5.41, 5.74) is 1.10. The van der Waals surface area contributed by atoms with E-state index in [9.17, 15) is 14.4 Å². The predicted molar refractivity (Wildman–Crippen MR) is 109 cm³/mol. The minimum absolute atomic E-state index is 0.126. The molecule has 8 heteroatoms. The van der Waals surface area contributed by atoms with Crippen LogP contribution in [0.5, 0.6) is 0 Å². The fourth-order valence-electron chi connectivity index (χ4n) is 2.86. The van der Waals surface area contributed by atoms with Gasteiger partial charge in [-0.3, -0.25) is 14.9 Å². The highest BCUT2D eigenvalue weighted by atomic mass is 35.5. The van der Waals surface area contributed by atoms with Gasteiger partial charge in [0.1, 0.15) is 23.2 Å². The van der Waals surface area contributed by atoms with Crippen LogP contribution in [0.15, 0.2) is 51.5 Å². The first-order chi connectivity index (χ1) is 14.2. The zero-order chi connectivity index (χ0) is 22.0. The molecule has 1 N–H and O–H groups in total. The molecule has 1 aromatic carbocycles. The van der Waals surface area contributed by atoms with Crippen molar-refractivity contribution in [2.24, 2.45) is 0 Å². The Bertz CT molecular complexity index is 1160. The van der Waals surface area contributed by atoms with Crippen molar-refractivity contribution in [2.75, 3.05) is 0 Å². The van der Waals surface area contributed by atoms with Crippen LogP contribution in [0, 0.1) is 11.3 Å². The first kappa shape index (κ1) is 21.1. The number of carbonyl (C=O) groups is 3. The highest BCUT2D eigenvalue weighted by molar-refractivity contribution is 6.33. The molecule has 2 heterocycles. The lowest BCUT2D eigenvalue weighted by molar-refractivity contribution is -0.126. The van der Waals surface area contributed by atoms with Crippen LogP contribution in [0.2, 0.25) is 5.02 Å². The monoisotopic (exact) mass is 424 g/mol. The van der Waals surface area contributed by atoms with Gasteiger partial charge in [0.25, 0.3) is 11.8 Å². The summed E-state index contributed by atoms with van der Waals surface area (Å²) in [4.78, 5) is 36.1. The van der Waals surface area contributed by atoms with E-state index in [0.717, 1.165) is 0 Å². The highest BCUT2D eigenvalue weighted by Crippen LogP contribution is 2.29. The third kappa shape index (κ3) is 4.19. The SMILES string of the molecule is CC1=C(C#N)C(=O)NC(=O)C1=Cc1ccc(-c2ccc(Cl)c(C(=O)OC(C)C)c2)o1. The standard InChI is InChI=1S/C22H17ClN2O5/c1-11(2)29-22(28)16-8-13(4-6-18(16)23)19-7-5-14(30-19)9-15-12(3)17(10-24)21(27)25-20(15)26/h4-9,11H,1-3H3,(H,25,26,27). The molecular weight excluding hydrogens is 408 g/mol. The smallest absolute Gasteiger partial charge is 0.339 e. The molecule has 0 bridgehead atoms. The van der Waals surface area contributed by atoms with Gasteiger partial charge in [-0.15, -0.1) is 0 Å². The number of halogens is 1. The second-order valence-corrected chi connectivity index (χ2v) is 7.21. The normalized spacial score (nSPS) is 15.4. The number of imide groups is 1. The summed E-state index contributed by atoms with van der Waals surface area (Å²) in [6, 6.07) is 9.92. The van der Waals surface area contributed by atoms with E-state index in [1.807, 2.05) is 0 Å². The second kappa shape index (κ2) is 8.39. The average molecular weight is 425 g/mol. The number of benzene rings is 1. The molecule has 0 fully saturated rings. The third-order valence-corrected chi connectivity index (χ3v) is 4.65. The number of ether oxygens (including phenoxy) is 1. The third-order valence-electron chi connectivity index (χ3n) is 4.32. The molecule has 7 nitrogen and oxygen atoms in total. The van der Waals surface area contributed by atoms with E-state index in [1.54, 1.807) is 50.2 Å². The summed E-state index contributed by atoms with van der Waals surface area (Å²) in [6.07, 6.45) is 1.16. The van der Waals surface area contributed by atoms with E-state index in [4.69, 9.17) is 26.0 Å². The lowest BCUT2D eigenvalue weighted by atomic mass is 9.96.